The lowest BCUT2D eigenvalue weighted by Crippen LogP contribution is -2.32. The number of aliphatic hydroxyl groups excluding tert-OH is 1. The van der Waals surface area contributed by atoms with Crippen LogP contribution in [0.4, 0.5) is 5.82 Å². The Morgan fingerprint density at radius 1 is 1.53 bits per heavy atom. The van der Waals surface area contributed by atoms with Crippen molar-refractivity contribution in [2.24, 2.45) is 0 Å². The number of methoxy groups -OCH3 is 1. The van der Waals surface area contributed by atoms with E-state index in [4.69, 9.17) is 9.84 Å². The van der Waals surface area contributed by atoms with Crippen molar-refractivity contribution in [3.8, 4) is 5.75 Å². The maximum absolute atomic E-state index is 8.91. The zero-order valence-corrected chi connectivity index (χ0v) is 9.45. The second-order valence-corrected chi connectivity index (χ2v) is 4.04. The molecule has 4 heteroatoms. The van der Waals surface area contributed by atoms with Gasteiger partial charge in [0.15, 0.2) is 11.6 Å². The third-order valence-corrected chi connectivity index (χ3v) is 2.18. The Balaban J connectivity index is 2.79. The number of hydrogen-bond acceptors (Lipinski definition) is 4. The molecule has 1 aromatic rings. The first-order chi connectivity index (χ1) is 7.09. The zero-order valence-electron chi connectivity index (χ0n) is 9.45. The Labute approximate surface area is 90.3 Å². The Morgan fingerprint density at radius 3 is 2.87 bits per heavy atom. The second-order valence-electron chi connectivity index (χ2n) is 4.04. The molecule has 1 aromatic heterocycles. The fourth-order valence-electron chi connectivity index (χ4n) is 1.31. The molecule has 1 heterocycles. The van der Waals surface area contributed by atoms with Crippen molar-refractivity contribution in [3.05, 3.63) is 18.3 Å². The van der Waals surface area contributed by atoms with E-state index in [-0.39, 0.29) is 12.1 Å². The lowest BCUT2D eigenvalue weighted by atomic mass is 10.0. The molecule has 0 spiro atoms. The molecule has 0 atom stereocenters. The van der Waals surface area contributed by atoms with E-state index < -0.39 is 0 Å². The van der Waals surface area contributed by atoms with Crippen molar-refractivity contribution in [3.63, 3.8) is 0 Å². The largest absolute Gasteiger partial charge is 0.493 e. The van der Waals surface area contributed by atoms with Gasteiger partial charge in [-0.05, 0) is 32.4 Å². The third kappa shape index (κ3) is 3.40. The van der Waals surface area contributed by atoms with E-state index in [2.05, 4.69) is 10.3 Å². The molecule has 1 rings (SSSR count). The van der Waals surface area contributed by atoms with Crippen molar-refractivity contribution < 1.29 is 9.84 Å². The third-order valence-electron chi connectivity index (χ3n) is 2.18. The zero-order chi connectivity index (χ0) is 11.3. The van der Waals surface area contributed by atoms with Crippen molar-refractivity contribution in [1.29, 1.82) is 0 Å². The van der Waals surface area contributed by atoms with E-state index in [1.165, 1.54) is 0 Å². The summed E-state index contributed by atoms with van der Waals surface area (Å²) in [5.74, 6) is 1.42. The molecule has 0 saturated heterocycles. The first-order valence-corrected chi connectivity index (χ1v) is 4.97. The number of rotatable bonds is 5. The number of nitrogens with one attached hydrogen (secondary N) is 1. The van der Waals surface area contributed by atoms with Gasteiger partial charge in [0, 0.05) is 18.3 Å². The summed E-state index contributed by atoms with van der Waals surface area (Å²) in [5.41, 5.74) is -0.198. The molecule has 15 heavy (non-hydrogen) atoms. The van der Waals surface area contributed by atoms with E-state index in [0.717, 1.165) is 0 Å². The molecule has 0 amide bonds. The lowest BCUT2D eigenvalue weighted by molar-refractivity contribution is 0.260. The van der Waals surface area contributed by atoms with Crippen molar-refractivity contribution in [2.75, 3.05) is 19.0 Å². The number of aromatic nitrogens is 1. The first kappa shape index (κ1) is 11.8. The Hall–Kier alpha value is -1.29. The van der Waals surface area contributed by atoms with Gasteiger partial charge in [0.05, 0.1) is 7.11 Å². The van der Waals surface area contributed by atoms with Crippen LogP contribution >= 0.6 is 0 Å². The van der Waals surface area contributed by atoms with Crippen molar-refractivity contribution in [2.45, 2.75) is 25.8 Å². The molecule has 0 fully saturated rings. The number of anilines is 1. The van der Waals surface area contributed by atoms with E-state index in [9.17, 15) is 0 Å². The molecule has 0 aliphatic carbocycles. The summed E-state index contributed by atoms with van der Waals surface area (Å²) in [6.07, 6.45) is 2.37. The highest BCUT2D eigenvalue weighted by Crippen LogP contribution is 2.24. The molecule has 4 nitrogen and oxygen atoms in total. The minimum atomic E-state index is -0.198. The highest BCUT2D eigenvalue weighted by molar-refractivity contribution is 5.50. The van der Waals surface area contributed by atoms with E-state index in [1.807, 2.05) is 26.0 Å². The van der Waals surface area contributed by atoms with Crippen LogP contribution in [0.25, 0.3) is 0 Å². The quantitative estimate of drug-likeness (QED) is 0.776. The average molecular weight is 210 g/mol. The van der Waals surface area contributed by atoms with Crippen LogP contribution in [0.5, 0.6) is 5.75 Å². The van der Waals surface area contributed by atoms with Crippen LogP contribution in [0.1, 0.15) is 20.3 Å². The summed E-state index contributed by atoms with van der Waals surface area (Å²) >= 11 is 0. The summed E-state index contributed by atoms with van der Waals surface area (Å²) in [6.45, 7) is 4.17. The van der Waals surface area contributed by atoms with E-state index in [1.54, 1.807) is 13.3 Å². The minimum Gasteiger partial charge on any atom is -0.493 e. The summed E-state index contributed by atoms with van der Waals surface area (Å²) in [6, 6.07) is 3.67. The van der Waals surface area contributed by atoms with Crippen molar-refractivity contribution >= 4 is 5.82 Å². The van der Waals surface area contributed by atoms with Gasteiger partial charge in [0.2, 0.25) is 0 Å². The summed E-state index contributed by atoms with van der Waals surface area (Å²) in [4.78, 5) is 4.20. The summed E-state index contributed by atoms with van der Waals surface area (Å²) < 4.78 is 5.18. The molecule has 84 valence electrons. The van der Waals surface area contributed by atoms with Crippen LogP contribution in [0.3, 0.4) is 0 Å². The maximum Gasteiger partial charge on any atom is 0.169 e. The van der Waals surface area contributed by atoms with Gasteiger partial charge in [-0.2, -0.15) is 0 Å². The lowest BCUT2D eigenvalue weighted by Gasteiger charge is -2.26. The normalized spacial score (nSPS) is 11.2. The number of nitrogens with zero attached hydrogens (tertiary/aromatic N) is 1. The van der Waals surface area contributed by atoms with Gasteiger partial charge in [-0.3, -0.25) is 0 Å². The van der Waals surface area contributed by atoms with Crippen molar-refractivity contribution in [1.82, 2.24) is 4.98 Å². The van der Waals surface area contributed by atoms with Gasteiger partial charge in [0.1, 0.15) is 0 Å². The molecular weight excluding hydrogens is 192 g/mol. The van der Waals surface area contributed by atoms with Crippen LogP contribution in [-0.2, 0) is 0 Å². The van der Waals surface area contributed by atoms with Gasteiger partial charge in [-0.1, -0.05) is 0 Å². The highest BCUT2D eigenvalue weighted by atomic mass is 16.5. The molecule has 0 aliphatic heterocycles. The van der Waals surface area contributed by atoms with Crippen LogP contribution in [0, 0.1) is 0 Å². The van der Waals surface area contributed by atoms with E-state index in [0.29, 0.717) is 18.0 Å². The van der Waals surface area contributed by atoms with Gasteiger partial charge in [-0.15, -0.1) is 0 Å². The van der Waals surface area contributed by atoms with Crippen LogP contribution in [-0.4, -0.2) is 29.3 Å². The Kier molecular flexibility index (Phi) is 3.91. The SMILES string of the molecule is COc1cccnc1NC(C)(C)CCO. The molecule has 0 aromatic carbocycles. The smallest absolute Gasteiger partial charge is 0.169 e. The number of ether oxygens (including phenoxy) is 1. The highest BCUT2D eigenvalue weighted by Gasteiger charge is 2.18. The van der Waals surface area contributed by atoms with E-state index >= 15 is 0 Å². The molecule has 0 radical (unpaired) electrons. The predicted molar refractivity (Wildman–Crippen MR) is 60.2 cm³/mol. The summed E-state index contributed by atoms with van der Waals surface area (Å²) in [5, 5.41) is 12.2. The maximum atomic E-state index is 8.91. The second kappa shape index (κ2) is 4.98. The molecule has 0 saturated carbocycles. The van der Waals surface area contributed by atoms with Crippen LogP contribution in [0.15, 0.2) is 18.3 Å². The summed E-state index contributed by atoms with van der Waals surface area (Å²) in [7, 11) is 1.61. The average Bonchev–Trinajstić information content (AvgIpc) is 2.17. The Morgan fingerprint density at radius 2 is 2.27 bits per heavy atom. The fraction of sp³-hybridized carbons (Fsp3) is 0.545. The fourth-order valence-corrected chi connectivity index (χ4v) is 1.31. The van der Waals surface area contributed by atoms with Crippen LogP contribution in [0.2, 0.25) is 0 Å². The molecule has 0 bridgehead atoms. The molecular formula is C11H18N2O2. The Bertz CT molecular complexity index is 313. The monoisotopic (exact) mass is 210 g/mol. The van der Waals surface area contributed by atoms with Gasteiger partial charge >= 0.3 is 0 Å². The topological polar surface area (TPSA) is 54.4 Å². The molecule has 0 aliphatic rings. The molecule has 2 N–H and O–H groups in total. The van der Waals surface area contributed by atoms with Gasteiger partial charge in [-0.25, -0.2) is 4.98 Å². The number of aliphatic hydroxyl groups is 1. The molecule has 0 unspecified atom stereocenters. The number of hydrogen-bond donors (Lipinski definition) is 2. The number of pyridine rings is 1. The standard InChI is InChI=1S/C11H18N2O2/c1-11(2,6-8-14)13-10-9(15-3)5-4-7-12-10/h4-5,7,14H,6,8H2,1-3H3,(H,12,13). The minimum absolute atomic E-state index is 0.148. The van der Waals surface area contributed by atoms with Gasteiger partial charge in [0.25, 0.3) is 0 Å². The van der Waals surface area contributed by atoms with Gasteiger partial charge < -0.3 is 15.2 Å². The predicted octanol–water partition coefficient (Wildman–Crippen LogP) is 1.66. The van der Waals surface area contributed by atoms with Crippen LogP contribution < -0.4 is 10.1 Å². The first-order valence-electron chi connectivity index (χ1n) is 4.97.